The molecule has 0 bridgehead atoms. The predicted octanol–water partition coefficient (Wildman–Crippen LogP) is 1.21. The highest BCUT2D eigenvalue weighted by molar-refractivity contribution is 5.97. The number of nitrogens with two attached hydrogens (primary N) is 2. The Balaban J connectivity index is 0. The van der Waals surface area contributed by atoms with E-state index in [-0.39, 0.29) is 24.8 Å². The van der Waals surface area contributed by atoms with Crippen molar-refractivity contribution < 1.29 is 4.79 Å². The Hall–Kier alpha value is -0.930. The van der Waals surface area contributed by atoms with E-state index in [0.717, 1.165) is 0 Å². The number of rotatable bonds is 1. The van der Waals surface area contributed by atoms with E-state index in [1.54, 1.807) is 24.3 Å². The second kappa shape index (κ2) is 5.69. The Bertz CT molecular complexity index is 265. The number of para-hydroxylation sites is 1. The van der Waals surface area contributed by atoms with E-state index in [9.17, 15) is 4.79 Å². The third kappa shape index (κ3) is 2.98. The SMILES string of the molecule is Cl.Cl.NC(=O)c1ccccc1N. The van der Waals surface area contributed by atoms with Gasteiger partial charge in [-0.25, -0.2) is 0 Å². The normalized spacial score (nSPS) is 7.67. The molecule has 1 aromatic carbocycles. The minimum Gasteiger partial charge on any atom is -0.398 e. The number of hydrogen-bond acceptors (Lipinski definition) is 2. The maximum absolute atomic E-state index is 10.6. The van der Waals surface area contributed by atoms with Crippen molar-refractivity contribution >= 4 is 36.4 Å². The lowest BCUT2D eigenvalue weighted by molar-refractivity contribution is 0.100. The van der Waals surface area contributed by atoms with Crippen molar-refractivity contribution in [1.29, 1.82) is 0 Å². The molecule has 68 valence electrons. The van der Waals surface area contributed by atoms with Gasteiger partial charge in [0.1, 0.15) is 0 Å². The lowest BCUT2D eigenvalue weighted by Crippen LogP contribution is -2.12. The summed E-state index contributed by atoms with van der Waals surface area (Å²) in [6, 6.07) is 6.70. The van der Waals surface area contributed by atoms with Gasteiger partial charge in [0.15, 0.2) is 0 Å². The van der Waals surface area contributed by atoms with Gasteiger partial charge in [0.25, 0.3) is 5.91 Å². The number of hydrogen-bond donors (Lipinski definition) is 2. The van der Waals surface area contributed by atoms with Crippen LogP contribution in [-0.2, 0) is 0 Å². The van der Waals surface area contributed by atoms with Crippen LogP contribution in [0.25, 0.3) is 0 Å². The summed E-state index contributed by atoms with van der Waals surface area (Å²) in [6.45, 7) is 0. The Labute approximate surface area is 82.9 Å². The third-order valence-corrected chi connectivity index (χ3v) is 1.23. The highest BCUT2D eigenvalue weighted by atomic mass is 35.5. The van der Waals surface area contributed by atoms with Crippen LogP contribution < -0.4 is 11.5 Å². The molecule has 1 aromatic rings. The number of carbonyl (C=O) groups is 1. The first kappa shape index (κ1) is 13.6. The van der Waals surface area contributed by atoms with E-state index in [1.165, 1.54) is 0 Å². The van der Waals surface area contributed by atoms with Crippen molar-refractivity contribution in [3.8, 4) is 0 Å². The summed E-state index contributed by atoms with van der Waals surface area (Å²) in [5.74, 6) is -0.488. The molecule has 0 spiro atoms. The fourth-order valence-electron chi connectivity index (χ4n) is 0.721. The fraction of sp³-hybridized carbons (Fsp3) is 0. The Morgan fingerprint density at radius 3 is 2.00 bits per heavy atom. The van der Waals surface area contributed by atoms with E-state index in [4.69, 9.17) is 11.5 Å². The minimum absolute atomic E-state index is 0. The average Bonchev–Trinajstić information content (AvgIpc) is 1.88. The summed E-state index contributed by atoms with van der Waals surface area (Å²) in [5.41, 5.74) is 11.2. The molecule has 0 heterocycles. The molecule has 0 saturated carbocycles. The summed E-state index contributed by atoms with van der Waals surface area (Å²) in [5, 5.41) is 0. The second-order valence-electron chi connectivity index (χ2n) is 1.95. The van der Waals surface area contributed by atoms with E-state index in [1.807, 2.05) is 0 Å². The van der Waals surface area contributed by atoms with Crippen LogP contribution in [0.4, 0.5) is 5.69 Å². The van der Waals surface area contributed by atoms with Gasteiger partial charge in [-0.3, -0.25) is 4.79 Å². The van der Waals surface area contributed by atoms with E-state index in [2.05, 4.69) is 0 Å². The molecule has 5 heteroatoms. The molecule has 0 unspecified atom stereocenters. The number of amides is 1. The molecular weight excluding hydrogens is 199 g/mol. The topological polar surface area (TPSA) is 69.1 Å². The summed E-state index contributed by atoms with van der Waals surface area (Å²) in [4.78, 5) is 10.6. The highest BCUT2D eigenvalue weighted by Crippen LogP contribution is 2.08. The van der Waals surface area contributed by atoms with Crippen LogP contribution in [0.5, 0.6) is 0 Å². The van der Waals surface area contributed by atoms with Gasteiger partial charge >= 0.3 is 0 Å². The van der Waals surface area contributed by atoms with Crippen LogP contribution in [0, 0.1) is 0 Å². The maximum atomic E-state index is 10.6. The molecule has 0 fully saturated rings. The zero-order chi connectivity index (χ0) is 7.56. The summed E-state index contributed by atoms with van der Waals surface area (Å²) < 4.78 is 0. The largest absolute Gasteiger partial charge is 0.398 e. The smallest absolute Gasteiger partial charge is 0.250 e. The van der Waals surface area contributed by atoms with Crippen molar-refractivity contribution in [3.05, 3.63) is 29.8 Å². The van der Waals surface area contributed by atoms with Crippen molar-refractivity contribution in [2.24, 2.45) is 5.73 Å². The average molecular weight is 209 g/mol. The molecule has 0 radical (unpaired) electrons. The van der Waals surface area contributed by atoms with Crippen LogP contribution in [0.1, 0.15) is 10.4 Å². The van der Waals surface area contributed by atoms with Crippen LogP contribution in [-0.4, -0.2) is 5.91 Å². The van der Waals surface area contributed by atoms with Gasteiger partial charge in [0.05, 0.1) is 5.56 Å². The number of primary amides is 1. The van der Waals surface area contributed by atoms with Gasteiger partial charge in [0.2, 0.25) is 0 Å². The zero-order valence-corrected chi connectivity index (χ0v) is 7.82. The van der Waals surface area contributed by atoms with E-state index < -0.39 is 5.91 Å². The van der Waals surface area contributed by atoms with Gasteiger partial charge in [-0.15, -0.1) is 24.8 Å². The zero-order valence-electron chi connectivity index (χ0n) is 6.19. The predicted molar refractivity (Wildman–Crippen MR) is 53.9 cm³/mol. The lowest BCUT2D eigenvalue weighted by Gasteiger charge is -1.97. The standard InChI is InChI=1S/C7H8N2O.2ClH/c8-6-4-2-1-3-5(6)7(9)10;;/h1-4H,8H2,(H2,9,10);2*1H. The number of benzene rings is 1. The van der Waals surface area contributed by atoms with Crippen molar-refractivity contribution in [3.63, 3.8) is 0 Å². The molecule has 0 aromatic heterocycles. The lowest BCUT2D eigenvalue weighted by atomic mass is 10.2. The first-order valence-corrected chi connectivity index (χ1v) is 2.86. The summed E-state index contributed by atoms with van der Waals surface area (Å²) >= 11 is 0. The molecule has 1 rings (SSSR count). The van der Waals surface area contributed by atoms with Gasteiger partial charge in [0, 0.05) is 5.69 Å². The van der Waals surface area contributed by atoms with Crippen LogP contribution in [0.15, 0.2) is 24.3 Å². The summed E-state index contributed by atoms with van der Waals surface area (Å²) in [6.07, 6.45) is 0. The molecule has 0 aliphatic rings. The minimum atomic E-state index is -0.488. The quantitative estimate of drug-likeness (QED) is 0.682. The van der Waals surface area contributed by atoms with Gasteiger partial charge in [-0.05, 0) is 12.1 Å². The monoisotopic (exact) mass is 208 g/mol. The van der Waals surface area contributed by atoms with Gasteiger partial charge in [-0.2, -0.15) is 0 Å². The van der Waals surface area contributed by atoms with Crippen LogP contribution in [0.3, 0.4) is 0 Å². The molecule has 1 amide bonds. The summed E-state index contributed by atoms with van der Waals surface area (Å²) in [7, 11) is 0. The Morgan fingerprint density at radius 2 is 1.67 bits per heavy atom. The number of halogens is 2. The van der Waals surface area contributed by atoms with Gasteiger partial charge in [-0.1, -0.05) is 12.1 Å². The maximum Gasteiger partial charge on any atom is 0.250 e. The van der Waals surface area contributed by atoms with Crippen LogP contribution in [0.2, 0.25) is 0 Å². The number of nitrogen functional groups attached to an aromatic ring is 1. The number of anilines is 1. The fourth-order valence-corrected chi connectivity index (χ4v) is 0.721. The van der Waals surface area contributed by atoms with Crippen molar-refractivity contribution in [2.75, 3.05) is 5.73 Å². The molecule has 12 heavy (non-hydrogen) atoms. The first-order chi connectivity index (χ1) is 4.72. The Kier molecular flexibility index (Phi) is 6.47. The molecule has 0 aliphatic carbocycles. The first-order valence-electron chi connectivity index (χ1n) is 2.86. The van der Waals surface area contributed by atoms with E-state index >= 15 is 0 Å². The molecule has 0 aliphatic heterocycles. The molecule has 3 nitrogen and oxygen atoms in total. The Morgan fingerprint density at radius 1 is 1.17 bits per heavy atom. The molecular formula is C7H10Cl2N2O. The number of carbonyl (C=O) groups excluding carboxylic acids is 1. The highest BCUT2D eigenvalue weighted by Gasteiger charge is 2.01. The van der Waals surface area contributed by atoms with Crippen molar-refractivity contribution in [2.45, 2.75) is 0 Å². The third-order valence-electron chi connectivity index (χ3n) is 1.23. The molecule has 0 saturated heterocycles. The van der Waals surface area contributed by atoms with Crippen LogP contribution >= 0.6 is 24.8 Å². The van der Waals surface area contributed by atoms with E-state index in [0.29, 0.717) is 11.3 Å². The van der Waals surface area contributed by atoms with Gasteiger partial charge < -0.3 is 11.5 Å². The second-order valence-corrected chi connectivity index (χ2v) is 1.95. The molecule has 0 atom stereocenters. The van der Waals surface area contributed by atoms with Crippen molar-refractivity contribution in [1.82, 2.24) is 0 Å². The molecule has 4 N–H and O–H groups in total.